The third-order valence-electron chi connectivity index (χ3n) is 2.10. The first-order chi connectivity index (χ1) is 5.33. The first-order valence-corrected chi connectivity index (χ1v) is 4.29. The van der Waals surface area contributed by atoms with Gasteiger partial charge >= 0.3 is 0 Å². The Labute approximate surface area is 67.0 Å². The Hall–Kier alpha value is -0.150. The molecule has 0 saturated carbocycles. The van der Waals surface area contributed by atoms with Gasteiger partial charge in [-0.05, 0) is 25.9 Å². The predicted octanol–water partition coefficient (Wildman–Crippen LogP) is 0.803. The number of piperidine rings is 1. The zero-order chi connectivity index (χ0) is 8.10. The van der Waals surface area contributed by atoms with Crippen molar-refractivity contribution in [2.45, 2.75) is 25.4 Å². The van der Waals surface area contributed by atoms with Crippen molar-refractivity contribution < 1.29 is 9.50 Å². The van der Waals surface area contributed by atoms with E-state index in [1.165, 1.54) is 19.3 Å². The first kappa shape index (κ1) is 8.94. The van der Waals surface area contributed by atoms with Crippen LogP contribution < -0.4 is 0 Å². The van der Waals surface area contributed by atoms with Crippen LogP contribution >= 0.6 is 0 Å². The number of halogens is 1. The minimum absolute atomic E-state index is 0.510. The van der Waals surface area contributed by atoms with E-state index >= 15 is 0 Å². The minimum atomic E-state index is -0.770. The lowest BCUT2D eigenvalue weighted by atomic mass is 10.1. The largest absolute Gasteiger partial charge is 0.389 e. The molecule has 0 aromatic heterocycles. The summed E-state index contributed by atoms with van der Waals surface area (Å²) in [5.74, 6) is 0. The van der Waals surface area contributed by atoms with E-state index in [2.05, 4.69) is 4.90 Å². The summed E-state index contributed by atoms with van der Waals surface area (Å²) in [6.45, 7) is 1.95. The Morgan fingerprint density at radius 2 is 1.91 bits per heavy atom. The van der Waals surface area contributed by atoms with Gasteiger partial charge in [-0.15, -0.1) is 0 Å². The summed E-state index contributed by atoms with van der Waals surface area (Å²) in [5.41, 5.74) is 0. The summed E-state index contributed by atoms with van der Waals surface area (Å²) in [7, 11) is 0. The number of aliphatic hydroxyl groups is 1. The fourth-order valence-corrected chi connectivity index (χ4v) is 1.49. The Balaban J connectivity index is 2.13. The molecule has 1 fully saturated rings. The monoisotopic (exact) mass is 161 g/mol. The Kier molecular flexibility index (Phi) is 3.80. The van der Waals surface area contributed by atoms with E-state index in [9.17, 15) is 4.39 Å². The van der Waals surface area contributed by atoms with Crippen molar-refractivity contribution in [1.82, 2.24) is 4.90 Å². The summed E-state index contributed by atoms with van der Waals surface area (Å²) < 4.78 is 11.9. The fraction of sp³-hybridized carbons (Fsp3) is 1.00. The van der Waals surface area contributed by atoms with Gasteiger partial charge in [-0.1, -0.05) is 6.42 Å². The van der Waals surface area contributed by atoms with E-state index in [1.807, 2.05) is 0 Å². The van der Waals surface area contributed by atoms with Gasteiger partial charge in [0.05, 0.1) is 6.10 Å². The van der Waals surface area contributed by atoms with Crippen LogP contribution in [0.25, 0.3) is 0 Å². The molecule has 1 aliphatic rings. The Bertz CT molecular complexity index is 104. The van der Waals surface area contributed by atoms with Crippen LogP contribution in [0.5, 0.6) is 0 Å². The summed E-state index contributed by atoms with van der Waals surface area (Å²) in [6.07, 6.45) is 2.90. The van der Waals surface area contributed by atoms with Gasteiger partial charge in [-0.2, -0.15) is 0 Å². The molecule has 0 aromatic carbocycles. The van der Waals surface area contributed by atoms with Crippen LogP contribution in [0, 0.1) is 0 Å². The van der Waals surface area contributed by atoms with E-state index in [0.29, 0.717) is 6.54 Å². The number of nitrogens with zero attached hydrogens (tertiary/aromatic N) is 1. The lowest BCUT2D eigenvalue weighted by molar-refractivity contribution is 0.0811. The SMILES string of the molecule is OC(CF)CN1CCCCC1. The average molecular weight is 161 g/mol. The zero-order valence-corrected chi connectivity index (χ0v) is 6.80. The summed E-state index contributed by atoms with van der Waals surface area (Å²) >= 11 is 0. The molecule has 0 aromatic rings. The molecule has 1 heterocycles. The van der Waals surface area contributed by atoms with E-state index in [-0.39, 0.29) is 0 Å². The van der Waals surface area contributed by atoms with Gasteiger partial charge in [0.2, 0.25) is 0 Å². The van der Waals surface area contributed by atoms with Crippen molar-refractivity contribution >= 4 is 0 Å². The highest BCUT2D eigenvalue weighted by atomic mass is 19.1. The molecule has 0 aliphatic carbocycles. The standard InChI is InChI=1S/C8H16FNO/c9-6-8(11)7-10-4-2-1-3-5-10/h8,11H,1-7H2. The summed E-state index contributed by atoms with van der Waals surface area (Å²) in [6, 6.07) is 0. The molecule has 1 saturated heterocycles. The highest BCUT2D eigenvalue weighted by Crippen LogP contribution is 2.08. The Morgan fingerprint density at radius 3 is 2.45 bits per heavy atom. The molecule has 1 atom stereocenters. The lowest BCUT2D eigenvalue weighted by Crippen LogP contribution is -2.37. The summed E-state index contributed by atoms with van der Waals surface area (Å²) in [4.78, 5) is 2.13. The van der Waals surface area contributed by atoms with Crippen molar-refractivity contribution in [2.75, 3.05) is 26.3 Å². The number of β-amino-alcohol motifs (C(OH)–C–C–N with tert-alkyl or cyclic N) is 1. The first-order valence-electron chi connectivity index (χ1n) is 4.29. The molecule has 11 heavy (non-hydrogen) atoms. The average Bonchev–Trinajstić information content (AvgIpc) is 2.06. The second-order valence-electron chi connectivity index (χ2n) is 3.17. The molecule has 3 heteroatoms. The van der Waals surface area contributed by atoms with Crippen LogP contribution in [0.2, 0.25) is 0 Å². The van der Waals surface area contributed by atoms with Crippen molar-refractivity contribution in [3.8, 4) is 0 Å². The van der Waals surface area contributed by atoms with Crippen LogP contribution in [0.15, 0.2) is 0 Å². The van der Waals surface area contributed by atoms with Crippen LogP contribution in [0.1, 0.15) is 19.3 Å². The quantitative estimate of drug-likeness (QED) is 0.662. The number of hydrogen-bond acceptors (Lipinski definition) is 2. The van der Waals surface area contributed by atoms with Crippen molar-refractivity contribution in [3.63, 3.8) is 0 Å². The van der Waals surface area contributed by atoms with E-state index in [1.54, 1.807) is 0 Å². The van der Waals surface area contributed by atoms with E-state index in [4.69, 9.17) is 5.11 Å². The lowest BCUT2D eigenvalue weighted by Gasteiger charge is -2.27. The highest BCUT2D eigenvalue weighted by Gasteiger charge is 2.13. The van der Waals surface area contributed by atoms with Gasteiger partial charge in [0, 0.05) is 6.54 Å². The fourth-order valence-electron chi connectivity index (χ4n) is 1.49. The molecule has 1 unspecified atom stereocenters. The molecule has 0 amide bonds. The topological polar surface area (TPSA) is 23.5 Å². The molecular weight excluding hydrogens is 145 g/mol. The maximum absolute atomic E-state index is 11.9. The minimum Gasteiger partial charge on any atom is -0.389 e. The molecule has 1 rings (SSSR count). The molecule has 1 N–H and O–H groups in total. The van der Waals surface area contributed by atoms with Gasteiger partial charge in [0.25, 0.3) is 0 Å². The maximum atomic E-state index is 11.9. The molecule has 0 spiro atoms. The number of rotatable bonds is 3. The predicted molar refractivity (Wildman–Crippen MR) is 42.3 cm³/mol. The van der Waals surface area contributed by atoms with Gasteiger partial charge in [-0.25, -0.2) is 4.39 Å². The molecular formula is C8H16FNO. The van der Waals surface area contributed by atoms with Crippen LogP contribution in [0.3, 0.4) is 0 Å². The summed E-state index contributed by atoms with van der Waals surface area (Å²) in [5, 5.41) is 8.99. The van der Waals surface area contributed by atoms with Crippen molar-refractivity contribution in [1.29, 1.82) is 0 Å². The molecule has 1 aliphatic heterocycles. The zero-order valence-electron chi connectivity index (χ0n) is 6.80. The van der Waals surface area contributed by atoms with E-state index < -0.39 is 12.8 Å². The molecule has 66 valence electrons. The number of alkyl halides is 1. The second kappa shape index (κ2) is 4.67. The van der Waals surface area contributed by atoms with Crippen LogP contribution in [0.4, 0.5) is 4.39 Å². The normalized spacial score (nSPS) is 23.5. The smallest absolute Gasteiger partial charge is 0.117 e. The van der Waals surface area contributed by atoms with Gasteiger partial charge < -0.3 is 10.0 Å². The highest BCUT2D eigenvalue weighted by molar-refractivity contribution is 4.67. The third-order valence-corrected chi connectivity index (χ3v) is 2.10. The maximum Gasteiger partial charge on any atom is 0.117 e. The van der Waals surface area contributed by atoms with E-state index in [0.717, 1.165) is 13.1 Å². The second-order valence-corrected chi connectivity index (χ2v) is 3.17. The van der Waals surface area contributed by atoms with Gasteiger partial charge in [-0.3, -0.25) is 0 Å². The van der Waals surface area contributed by atoms with Crippen molar-refractivity contribution in [3.05, 3.63) is 0 Å². The van der Waals surface area contributed by atoms with Gasteiger partial charge in [0.15, 0.2) is 0 Å². The number of likely N-dealkylation sites (tertiary alicyclic amines) is 1. The number of aliphatic hydroxyl groups excluding tert-OH is 1. The Morgan fingerprint density at radius 1 is 1.27 bits per heavy atom. The van der Waals surface area contributed by atoms with Crippen molar-refractivity contribution in [2.24, 2.45) is 0 Å². The molecule has 0 bridgehead atoms. The number of hydrogen-bond donors (Lipinski definition) is 1. The molecule has 2 nitrogen and oxygen atoms in total. The third kappa shape index (κ3) is 3.16. The van der Waals surface area contributed by atoms with Gasteiger partial charge in [0.1, 0.15) is 6.67 Å². The molecule has 0 radical (unpaired) electrons. The van der Waals surface area contributed by atoms with Crippen LogP contribution in [-0.4, -0.2) is 42.4 Å². The van der Waals surface area contributed by atoms with Crippen LogP contribution in [-0.2, 0) is 0 Å².